The van der Waals surface area contributed by atoms with Gasteiger partial charge < -0.3 is 10.0 Å². The largest absolute Gasteiger partial charge is 0.380 e. The van der Waals surface area contributed by atoms with Gasteiger partial charge in [0.05, 0.1) is 17.4 Å². The Bertz CT molecular complexity index is 1070. The number of likely N-dealkylation sites (tertiary alicyclic amines) is 1. The molecule has 1 heterocycles. The standard InChI is InChI=1S/C24H31FN2O4S/c1-3-32(30,31)26-19-9-15-27(22(28)24(29)10-5-11-24)20(19)16-18-7-4-6-17(21(18)25)8-12-23(2)13-14-23/h4,6-7,19-20,26,29H,3,5,9-11,13-16H2,1-2H3. The molecule has 0 bridgehead atoms. The van der Waals surface area contributed by atoms with E-state index in [4.69, 9.17) is 0 Å². The maximum absolute atomic E-state index is 15.3. The Morgan fingerprint density at radius 1 is 1.31 bits per heavy atom. The molecule has 0 aromatic heterocycles. The van der Waals surface area contributed by atoms with Crippen molar-refractivity contribution >= 4 is 15.9 Å². The minimum absolute atomic E-state index is 0.0289. The Morgan fingerprint density at radius 2 is 2.03 bits per heavy atom. The molecule has 4 rings (SSSR count). The van der Waals surface area contributed by atoms with Crippen LogP contribution in [-0.2, 0) is 21.2 Å². The van der Waals surface area contributed by atoms with Crippen LogP contribution in [0.5, 0.6) is 0 Å². The summed E-state index contributed by atoms with van der Waals surface area (Å²) >= 11 is 0. The topological polar surface area (TPSA) is 86.7 Å². The fraction of sp³-hybridized carbons (Fsp3) is 0.625. The summed E-state index contributed by atoms with van der Waals surface area (Å²) in [6.07, 6.45) is 4.19. The fourth-order valence-corrected chi connectivity index (χ4v) is 5.30. The average molecular weight is 463 g/mol. The molecule has 1 amide bonds. The molecule has 1 aromatic rings. The van der Waals surface area contributed by atoms with Gasteiger partial charge in [-0.1, -0.05) is 24.0 Å². The van der Waals surface area contributed by atoms with Crippen LogP contribution >= 0.6 is 0 Å². The van der Waals surface area contributed by atoms with Gasteiger partial charge in [-0.15, -0.1) is 0 Å². The molecule has 2 saturated carbocycles. The number of carbonyl (C=O) groups excluding carboxylic acids is 1. The van der Waals surface area contributed by atoms with Gasteiger partial charge in [0.2, 0.25) is 10.0 Å². The molecule has 1 aromatic carbocycles. The first-order valence-electron chi connectivity index (χ1n) is 11.4. The highest BCUT2D eigenvalue weighted by atomic mass is 32.2. The first-order chi connectivity index (χ1) is 15.1. The van der Waals surface area contributed by atoms with Crippen LogP contribution in [0.25, 0.3) is 0 Å². The molecular formula is C24H31FN2O4S. The molecule has 2 aliphatic carbocycles. The number of halogens is 1. The number of aliphatic hydroxyl groups is 1. The van der Waals surface area contributed by atoms with Crippen molar-refractivity contribution < 1.29 is 22.7 Å². The third kappa shape index (κ3) is 4.70. The molecule has 8 heteroatoms. The second kappa shape index (κ2) is 8.44. The summed E-state index contributed by atoms with van der Waals surface area (Å²) in [4.78, 5) is 14.6. The number of nitrogens with zero attached hydrogens (tertiary/aromatic N) is 1. The zero-order chi connectivity index (χ0) is 23.1. The quantitative estimate of drug-likeness (QED) is 0.636. The highest BCUT2D eigenvalue weighted by molar-refractivity contribution is 7.89. The zero-order valence-electron chi connectivity index (χ0n) is 18.7. The summed E-state index contributed by atoms with van der Waals surface area (Å²) in [7, 11) is -3.51. The van der Waals surface area contributed by atoms with E-state index in [-0.39, 0.29) is 23.5 Å². The van der Waals surface area contributed by atoms with Gasteiger partial charge in [0, 0.05) is 18.0 Å². The molecule has 0 radical (unpaired) electrons. The predicted molar refractivity (Wildman–Crippen MR) is 120 cm³/mol. The Hall–Kier alpha value is -1.95. The Labute approximate surface area is 189 Å². The molecule has 3 fully saturated rings. The maximum Gasteiger partial charge on any atom is 0.254 e. The normalized spacial score (nSPS) is 25.6. The number of rotatable bonds is 6. The highest BCUT2D eigenvalue weighted by Gasteiger charge is 2.49. The van der Waals surface area contributed by atoms with E-state index < -0.39 is 33.5 Å². The van der Waals surface area contributed by atoms with Crippen LogP contribution in [0, 0.1) is 23.1 Å². The number of nitrogens with one attached hydrogen (secondary N) is 1. The van der Waals surface area contributed by atoms with E-state index >= 15 is 4.39 Å². The lowest BCUT2D eigenvalue weighted by Crippen LogP contribution is -2.57. The van der Waals surface area contributed by atoms with Crippen molar-refractivity contribution in [3.05, 3.63) is 35.1 Å². The molecule has 2 N–H and O–H groups in total. The number of sulfonamides is 1. The monoisotopic (exact) mass is 462 g/mol. The van der Waals surface area contributed by atoms with Crippen molar-refractivity contribution in [1.82, 2.24) is 9.62 Å². The van der Waals surface area contributed by atoms with Crippen molar-refractivity contribution in [2.24, 2.45) is 5.41 Å². The van der Waals surface area contributed by atoms with Gasteiger partial charge in [-0.3, -0.25) is 4.79 Å². The van der Waals surface area contributed by atoms with Crippen molar-refractivity contribution in [1.29, 1.82) is 0 Å². The third-order valence-electron chi connectivity index (χ3n) is 7.10. The van der Waals surface area contributed by atoms with Crippen LogP contribution in [0.2, 0.25) is 0 Å². The van der Waals surface area contributed by atoms with Gasteiger partial charge in [0.15, 0.2) is 0 Å². The Morgan fingerprint density at radius 3 is 2.62 bits per heavy atom. The van der Waals surface area contributed by atoms with E-state index in [1.165, 1.54) is 0 Å². The van der Waals surface area contributed by atoms with E-state index in [1.54, 1.807) is 30.0 Å². The molecular weight excluding hydrogens is 431 g/mol. The van der Waals surface area contributed by atoms with Gasteiger partial charge in [-0.25, -0.2) is 17.5 Å². The molecule has 32 heavy (non-hydrogen) atoms. The molecule has 2 unspecified atom stereocenters. The summed E-state index contributed by atoms with van der Waals surface area (Å²) in [6, 6.07) is 3.93. The predicted octanol–water partition coefficient (Wildman–Crippen LogP) is 2.34. The number of hydrogen-bond acceptors (Lipinski definition) is 4. The SMILES string of the molecule is CCS(=O)(=O)NC1CCN(C(=O)C2(O)CCC2)C1Cc1cccc(C#CC2(C)CC2)c1F. The number of amides is 1. The van der Waals surface area contributed by atoms with E-state index in [2.05, 4.69) is 23.5 Å². The summed E-state index contributed by atoms with van der Waals surface area (Å²) in [5.41, 5.74) is -0.708. The first kappa shape index (κ1) is 23.2. The van der Waals surface area contributed by atoms with Crippen LogP contribution < -0.4 is 4.72 Å². The molecule has 174 valence electrons. The van der Waals surface area contributed by atoms with E-state index in [0.717, 1.165) is 19.3 Å². The van der Waals surface area contributed by atoms with Crippen LogP contribution in [0.15, 0.2) is 18.2 Å². The smallest absolute Gasteiger partial charge is 0.254 e. The Balaban J connectivity index is 1.61. The van der Waals surface area contributed by atoms with E-state index in [9.17, 15) is 18.3 Å². The molecule has 1 saturated heterocycles. The second-order valence-corrected chi connectivity index (χ2v) is 11.7. The average Bonchev–Trinajstić information content (AvgIpc) is 3.35. The lowest BCUT2D eigenvalue weighted by molar-refractivity contribution is -0.161. The van der Waals surface area contributed by atoms with Gasteiger partial charge in [0.25, 0.3) is 5.91 Å². The van der Waals surface area contributed by atoms with Crippen molar-refractivity contribution in [3.8, 4) is 11.8 Å². The van der Waals surface area contributed by atoms with Crippen LogP contribution in [0.3, 0.4) is 0 Å². The molecule has 0 spiro atoms. The van der Waals surface area contributed by atoms with Crippen molar-refractivity contribution in [2.45, 2.75) is 76.5 Å². The van der Waals surface area contributed by atoms with Gasteiger partial charge in [0.1, 0.15) is 11.4 Å². The zero-order valence-corrected chi connectivity index (χ0v) is 19.5. The summed E-state index contributed by atoms with van der Waals surface area (Å²) in [6.45, 7) is 3.93. The molecule has 1 aliphatic heterocycles. The summed E-state index contributed by atoms with van der Waals surface area (Å²) in [5, 5.41) is 10.6. The van der Waals surface area contributed by atoms with Crippen molar-refractivity contribution in [2.75, 3.05) is 12.3 Å². The van der Waals surface area contributed by atoms with Gasteiger partial charge in [-0.05, 0) is 70.4 Å². The molecule has 2 atom stereocenters. The van der Waals surface area contributed by atoms with Gasteiger partial charge >= 0.3 is 0 Å². The summed E-state index contributed by atoms with van der Waals surface area (Å²) < 4.78 is 42.5. The highest BCUT2D eigenvalue weighted by Crippen LogP contribution is 2.44. The lowest BCUT2D eigenvalue weighted by Gasteiger charge is -2.40. The van der Waals surface area contributed by atoms with Crippen LogP contribution in [0.1, 0.15) is 63.5 Å². The van der Waals surface area contributed by atoms with E-state index in [0.29, 0.717) is 36.9 Å². The number of benzene rings is 1. The third-order valence-corrected chi connectivity index (χ3v) is 8.53. The second-order valence-electron chi connectivity index (χ2n) is 9.66. The number of carbonyl (C=O) groups is 1. The van der Waals surface area contributed by atoms with E-state index in [1.807, 2.05) is 0 Å². The first-order valence-corrected chi connectivity index (χ1v) is 13.1. The molecule has 3 aliphatic rings. The van der Waals surface area contributed by atoms with Gasteiger partial charge in [-0.2, -0.15) is 0 Å². The Kier molecular flexibility index (Phi) is 6.12. The van der Waals surface area contributed by atoms with Crippen LogP contribution in [-0.4, -0.2) is 54.3 Å². The minimum atomic E-state index is -3.51. The lowest BCUT2D eigenvalue weighted by atomic mass is 9.79. The minimum Gasteiger partial charge on any atom is -0.380 e. The molecule has 6 nitrogen and oxygen atoms in total. The van der Waals surface area contributed by atoms with Crippen molar-refractivity contribution in [3.63, 3.8) is 0 Å². The maximum atomic E-state index is 15.3. The fourth-order valence-electron chi connectivity index (χ4n) is 4.39. The number of hydrogen-bond donors (Lipinski definition) is 2. The summed E-state index contributed by atoms with van der Waals surface area (Å²) in [5.74, 6) is 5.21. The van der Waals surface area contributed by atoms with Crippen LogP contribution in [0.4, 0.5) is 4.39 Å².